The standard InChI is InChI=1S/C14H21N3O/c1-9-13(7-15-16-9)14(18)17(2)8-12-6-10-3-4-11(12)5-10/h7,10-12H,3-6,8H2,1-2H3,(H,15,16). The lowest BCUT2D eigenvalue weighted by atomic mass is 9.88. The van der Waals surface area contributed by atoms with E-state index in [2.05, 4.69) is 10.2 Å². The van der Waals surface area contributed by atoms with Gasteiger partial charge in [0.2, 0.25) is 0 Å². The molecule has 3 unspecified atom stereocenters. The molecule has 3 rings (SSSR count). The molecule has 98 valence electrons. The third-order valence-corrected chi connectivity index (χ3v) is 4.80. The van der Waals surface area contributed by atoms with E-state index in [1.807, 2.05) is 18.9 Å². The first-order valence-electron chi connectivity index (χ1n) is 6.90. The summed E-state index contributed by atoms with van der Waals surface area (Å²) >= 11 is 0. The highest BCUT2D eigenvalue weighted by Crippen LogP contribution is 2.48. The number of nitrogens with zero attached hydrogens (tertiary/aromatic N) is 2. The highest BCUT2D eigenvalue weighted by Gasteiger charge is 2.40. The van der Waals surface area contributed by atoms with E-state index in [4.69, 9.17) is 0 Å². The van der Waals surface area contributed by atoms with E-state index in [1.165, 1.54) is 25.7 Å². The molecule has 1 aromatic heterocycles. The van der Waals surface area contributed by atoms with Crippen LogP contribution in [0.25, 0.3) is 0 Å². The van der Waals surface area contributed by atoms with Crippen molar-refractivity contribution in [2.75, 3.05) is 13.6 Å². The summed E-state index contributed by atoms with van der Waals surface area (Å²) in [5.74, 6) is 2.64. The smallest absolute Gasteiger partial charge is 0.257 e. The van der Waals surface area contributed by atoms with Crippen molar-refractivity contribution in [1.82, 2.24) is 15.1 Å². The zero-order chi connectivity index (χ0) is 12.7. The van der Waals surface area contributed by atoms with Crippen LogP contribution in [0.15, 0.2) is 6.20 Å². The first-order valence-corrected chi connectivity index (χ1v) is 6.90. The number of aromatic amines is 1. The largest absolute Gasteiger partial charge is 0.341 e. The number of carbonyl (C=O) groups excluding carboxylic acids is 1. The van der Waals surface area contributed by atoms with E-state index in [0.717, 1.165) is 30.0 Å². The first kappa shape index (κ1) is 11.8. The molecule has 18 heavy (non-hydrogen) atoms. The summed E-state index contributed by atoms with van der Waals surface area (Å²) in [6, 6.07) is 0. The maximum atomic E-state index is 12.3. The van der Waals surface area contributed by atoms with Crippen molar-refractivity contribution in [3.63, 3.8) is 0 Å². The van der Waals surface area contributed by atoms with E-state index in [-0.39, 0.29) is 5.91 Å². The zero-order valence-electron chi connectivity index (χ0n) is 11.1. The summed E-state index contributed by atoms with van der Waals surface area (Å²) in [4.78, 5) is 14.2. The van der Waals surface area contributed by atoms with E-state index in [9.17, 15) is 4.79 Å². The highest BCUT2D eigenvalue weighted by molar-refractivity contribution is 5.94. The van der Waals surface area contributed by atoms with Crippen molar-refractivity contribution in [2.45, 2.75) is 32.6 Å². The predicted octanol–water partition coefficient (Wildman–Crippen LogP) is 2.23. The van der Waals surface area contributed by atoms with Crippen LogP contribution in [0.2, 0.25) is 0 Å². The Balaban J connectivity index is 1.63. The zero-order valence-corrected chi connectivity index (χ0v) is 11.1. The number of hydrogen-bond acceptors (Lipinski definition) is 2. The molecule has 0 aliphatic heterocycles. The molecule has 1 N–H and O–H groups in total. The van der Waals surface area contributed by atoms with Gasteiger partial charge in [0.05, 0.1) is 11.8 Å². The van der Waals surface area contributed by atoms with E-state index in [1.54, 1.807) is 6.20 Å². The predicted molar refractivity (Wildman–Crippen MR) is 69.2 cm³/mol. The normalized spacial score (nSPS) is 29.8. The van der Waals surface area contributed by atoms with E-state index in [0.29, 0.717) is 5.56 Å². The van der Waals surface area contributed by atoms with Gasteiger partial charge in [0.25, 0.3) is 5.91 Å². The number of fused-ring (bicyclic) bond motifs is 2. The van der Waals surface area contributed by atoms with Gasteiger partial charge in [-0.15, -0.1) is 0 Å². The lowest BCUT2D eigenvalue weighted by Gasteiger charge is -2.27. The molecule has 4 heteroatoms. The molecule has 2 aliphatic carbocycles. The number of hydrogen-bond donors (Lipinski definition) is 1. The molecule has 2 bridgehead atoms. The SMILES string of the molecule is Cc1[nH]ncc1C(=O)N(C)CC1CC2CCC1C2. The average molecular weight is 247 g/mol. The number of H-pyrrole nitrogens is 1. The second kappa shape index (κ2) is 4.41. The van der Waals surface area contributed by atoms with Crippen LogP contribution < -0.4 is 0 Å². The second-order valence-electron chi connectivity index (χ2n) is 6.03. The number of aryl methyl sites for hydroxylation is 1. The van der Waals surface area contributed by atoms with Gasteiger partial charge in [0.1, 0.15) is 0 Å². The van der Waals surface area contributed by atoms with Crippen LogP contribution in [-0.4, -0.2) is 34.6 Å². The summed E-state index contributed by atoms with van der Waals surface area (Å²) in [7, 11) is 1.92. The first-order chi connectivity index (χ1) is 8.65. The molecule has 1 heterocycles. The Morgan fingerprint density at radius 3 is 2.89 bits per heavy atom. The van der Waals surface area contributed by atoms with Gasteiger partial charge in [-0.1, -0.05) is 6.42 Å². The summed E-state index contributed by atoms with van der Waals surface area (Å²) in [5, 5.41) is 6.75. The molecular formula is C14H21N3O. The van der Waals surface area contributed by atoms with Gasteiger partial charge in [0.15, 0.2) is 0 Å². The van der Waals surface area contributed by atoms with Crippen LogP contribution >= 0.6 is 0 Å². The average Bonchev–Trinajstić information content (AvgIpc) is 3.04. The monoisotopic (exact) mass is 247 g/mol. The minimum absolute atomic E-state index is 0.101. The number of amides is 1. The van der Waals surface area contributed by atoms with Crippen LogP contribution in [-0.2, 0) is 0 Å². The minimum Gasteiger partial charge on any atom is -0.341 e. The van der Waals surface area contributed by atoms with Gasteiger partial charge in [-0.2, -0.15) is 5.10 Å². The minimum atomic E-state index is 0.101. The van der Waals surface area contributed by atoms with Gasteiger partial charge < -0.3 is 4.90 Å². The van der Waals surface area contributed by atoms with E-state index < -0.39 is 0 Å². The molecular weight excluding hydrogens is 226 g/mol. The summed E-state index contributed by atoms with van der Waals surface area (Å²) in [6.45, 7) is 2.80. The fraction of sp³-hybridized carbons (Fsp3) is 0.714. The van der Waals surface area contributed by atoms with Gasteiger partial charge in [-0.05, 0) is 43.9 Å². The molecule has 0 spiro atoms. The van der Waals surface area contributed by atoms with Crippen LogP contribution in [0.1, 0.15) is 41.7 Å². The molecule has 2 fully saturated rings. The van der Waals surface area contributed by atoms with Crippen molar-refractivity contribution in [2.24, 2.45) is 17.8 Å². The fourth-order valence-corrected chi connectivity index (χ4v) is 3.81. The summed E-state index contributed by atoms with van der Waals surface area (Å²) in [6.07, 6.45) is 7.15. The van der Waals surface area contributed by atoms with Gasteiger partial charge in [-0.25, -0.2) is 0 Å². The maximum absolute atomic E-state index is 12.3. The van der Waals surface area contributed by atoms with E-state index >= 15 is 0 Å². The Morgan fingerprint density at radius 2 is 2.33 bits per heavy atom. The van der Waals surface area contributed by atoms with Gasteiger partial charge in [-0.3, -0.25) is 9.89 Å². The Morgan fingerprint density at radius 1 is 1.50 bits per heavy atom. The Hall–Kier alpha value is -1.32. The molecule has 0 aromatic carbocycles. The van der Waals surface area contributed by atoms with Crippen LogP contribution in [0.5, 0.6) is 0 Å². The molecule has 4 nitrogen and oxygen atoms in total. The van der Waals surface area contributed by atoms with Crippen molar-refractivity contribution < 1.29 is 4.79 Å². The fourth-order valence-electron chi connectivity index (χ4n) is 3.81. The number of rotatable bonds is 3. The molecule has 2 saturated carbocycles. The topological polar surface area (TPSA) is 49.0 Å². The highest BCUT2D eigenvalue weighted by atomic mass is 16.2. The number of aromatic nitrogens is 2. The summed E-state index contributed by atoms with van der Waals surface area (Å²) < 4.78 is 0. The van der Waals surface area contributed by atoms with Crippen molar-refractivity contribution >= 4 is 5.91 Å². The number of nitrogens with one attached hydrogen (secondary N) is 1. The Kier molecular flexibility index (Phi) is 2.88. The lowest BCUT2D eigenvalue weighted by Crippen LogP contribution is -2.33. The quantitative estimate of drug-likeness (QED) is 0.890. The van der Waals surface area contributed by atoms with Crippen LogP contribution in [0, 0.1) is 24.7 Å². The van der Waals surface area contributed by atoms with Crippen LogP contribution in [0.3, 0.4) is 0 Å². The number of carbonyl (C=O) groups is 1. The second-order valence-corrected chi connectivity index (χ2v) is 6.03. The maximum Gasteiger partial charge on any atom is 0.257 e. The van der Waals surface area contributed by atoms with Gasteiger partial charge in [0, 0.05) is 19.3 Å². The molecule has 3 atom stereocenters. The molecule has 1 aromatic rings. The summed E-state index contributed by atoms with van der Waals surface area (Å²) in [5.41, 5.74) is 1.57. The van der Waals surface area contributed by atoms with Crippen molar-refractivity contribution in [1.29, 1.82) is 0 Å². The third kappa shape index (κ3) is 1.93. The Labute approximate surface area is 108 Å². The van der Waals surface area contributed by atoms with Crippen LogP contribution in [0.4, 0.5) is 0 Å². The lowest BCUT2D eigenvalue weighted by molar-refractivity contribution is 0.0753. The molecule has 2 aliphatic rings. The third-order valence-electron chi connectivity index (χ3n) is 4.80. The van der Waals surface area contributed by atoms with Gasteiger partial charge >= 0.3 is 0 Å². The van der Waals surface area contributed by atoms with Crippen molar-refractivity contribution in [3.8, 4) is 0 Å². The molecule has 0 saturated heterocycles. The Bertz CT molecular complexity index is 454. The van der Waals surface area contributed by atoms with Crippen molar-refractivity contribution in [3.05, 3.63) is 17.5 Å². The molecule has 0 radical (unpaired) electrons. The molecule has 1 amide bonds.